The Balaban J connectivity index is 1.70. The first kappa shape index (κ1) is 16.6. The van der Waals surface area contributed by atoms with Gasteiger partial charge in [-0.25, -0.2) is 4.98 Å². The van der Waals surface area contributed by atoms with Crippen LogP contribution in [0.25, 0.3) is 11.0 Å². The van der Waals surface area contributed by atoms with Gasteiger partial charge in [-0.3, -0.25) is 9.69 Å². The van der Waals surface area contributed by atoms with Crippen molar-refractivity contribution < 1.29 is 4.79 Å². The number of rotatable bonds is 7. The molecule has 2 aliphatic carbocycles. The zero-order chi connectivity index (χ0) is 17.2. The molecular formula is C20H28N4O. The number of anilines is 1. The summed E-state index contributed by atoms with van der Waals surface area (Å²) in [6.07, 6.45) is 13.7. The first-order chi connectivity index (χ1) is 12.3. The van der Waals surface area contributed by atoms with E-state index in [-0.39, 0.29) is 0 Å². The van der Waals surface area contributed by atoms with E-state index in [1.165, 1.54) is 44.9 Å². The second-order valence-electron chi connectivity index (χ2n) is 7.81. The van der Waals surface area contributed by atoms with Gasteiger partial charge < -0.3 is 9.88 Å². The fraction of sp³-hybridized carbons (Fsp3) is 0.600. The molecular weight excluding hydrogens is 312 g/mol. The predicted octanol–water partition coefficient (Wildman–Crippen LogP) is 3.81. The van der Waals surface area contributed by atoms with Gasteiger partial charge in [-0.15, -0.1) is 0 Å². The number of aldehydes is 1. The Morgan fingerprint density at radius 3 is 2.76 bits per heavy atom. The number of carbonyl (C=O) groups excluding carboxylic acids is 1. The summed E-state index contributed by atoms with van der Waals surface area (Å²) in [5, 5.41) is 1.06. The van der Waals surface area contributed by atoms with Crippen molar-refractivity contribution in [2.45, 2.75) is 51.0 Å². The molecule has 4 rings (SSSR count). The van der Waals surface area contributed by atoms with E-state index in [9.17, 15) is 4.79 Å². The van der Waals surface area contributed by atoms with Gasteiger partial charge in [0.2, 0.25) is 0 Å². The summed E-state index contributed by atoms with van der Waals surface area (Å²) in [6, 6.07) is 2.57. The highest BCUT2D eigenvalue weighted by Crippen LogP contribution is 2.35. The van der Waals surface area contributed by atoms with Crippen LogP contribution in [0.2, 0.25) is 0 Å². The summed E-state index contributed by atoms with van der Waals surface area (Å²) in [7, 11) is 2.21. The zero-order valence-electron chi connectivity index (χ0n) is 15.1. The summed E-state index contributed by atoms with van der Waals surface area (Å²) < 4.78 is 0. The van der Waals surface area contributed by atoms with E-state index < -0.39 is 0 Å². The van der Waals surface area contributed by atoms with Crippen LogP contribution in [0.1, 0.15) is 55.3 Å². The lowest BCUT2D eigenvalue weighted by atomic mass is 9.93. The topological polar surface area (TPSA) is 52.2 Å². The van der Waals surface area contributed by atoms with Gasteiger partial charge in [0.1, 0.15) is 5.65 Å². The Kier molecular flexibility index (Phi) is 4.75. The SMILES string of the molecule is CN(CC1CC1)CN(c1c(C=O)cnc2[nH]ccc12)C1CCCCC1. The third kappa shape index (κ3) is 3.56. The van der Waals surface area contributed by atoms with Crippen molar-refractivity contribution in [3.63, 3.8) is 0 Å². The molecule has 0 amide bonds. The summed E-state index contributed by atoms with van der Waals surface area (Å²) in [5.74, 6) is 0.869. The van der Waals surface area contributed by atoms with Gasteiger partial charge in [0.05, 0.1) is 17.9 Å². The minimum absolute atomic E-state index is 0.509. The first-order valence-electron chi connectivity index (χ1n) is 9.62. The minimum Gasteiger partial charge on any atom is -0.354 e. The van der Waals surface area contributed by atoms with Crippen LogP contribution in [0, 0.1) is 5.92 Å². The maximum atomic E-state index is 11.8. The number of fused-ring (bicyclic) bond motifs is 1. The van der Waals surface area contributed by atoms with Gasteiger partial charge in [0.25, 0.3) is 0 Å². The van der Waals surface area contributed by atoms with Crippen molar-refractivity contribution >= 4 is 23.0 Å². The van der Waals surface area contributed by atoms with Crippen molar-refractivity contribution in [3.8, 4) is 0 Å². The largest absolute Gasteiger partial charge is 0.354 e. The lowest BCUT2D eigenvalue weighted by Crippen LogP contribution is -2.44. The highest BCUT2D eigenvalue weighted by Gasteiger charge is 2.28. The number of nitrogens with zero attached hydrogens (tertiary/aromatic N) is 3. The maximum Gasteiger partial charge on any atom is 0.153 e. The monoisotopic (exact) mass is 340 g/mol. The number of aromatic nitrogens is 2. The van der Waals surface area contributed by atoms with Crippen molar-refractivity contribution in [3.05, 3.63) is 24.0 Å². The smallest absolute Gasteiger partial charge is 0.153 e. The Morgan fingerprint density at radius 2 is 2.04 bits per heavy atom. The normalized spacial score (nSPS) is 18.8. The predicted molar refractivity (Wildman–Crippen MR) is 101 cm³/mol. The van der Waals surface area contributed by atoms with E-state index in [2.05, 4.69) is 32.9 Å². The second-order valence-corrected chi connectivity index (χ2v) is 7.81. The molecule has 2 fully saturated rings. The van der Waals surface area contributed by atoms with Crippen molar-refractivity contribution in [2.24, 2.45) is 5.92 Å². The summed E-state index contributed by atoms with van der Waals surface area (Å²) in [6.45, 7) is 2.04. The Morgan fingerprint density at radius 1 is 1.24 bits per heavy atom. The third-order valence-electron chi connectivity index (χ3n) is 5.68. The van der Waals surface area contributed by atoms with Gasteiger partial charge in [-0.1, -0.05) is 19.3 Å². The summed E-state index contributed by atoms with van der Waals surface area (Å²) in [4.78, 5) is 24.3. The standard InChI is InChI=1S/C20H28N4O/c1-23(12-15-7-8-15)14-24(17-5-3-2-4-6-17)19-16(13-25)11-22-20-18(19)9-10-21-20/h9-11,13,15,17H,2-8,12,14H2,1H3,(H,21,22). The molecule has 0 radical (unpaired) electrons. The van der Waals surface area contributed by atoms with E-state index >= 15 is 0 Å². The molecule has 134 valence electrons. The van der Waals surface area contributed by atoms with Crippen LogP contribution in [-0.2, 0) is 0 Å². The molecule has 0 unspecified atom stereocenters. The molecule has 0 spiro atoms. The number of H-pyrrole nitrogens is 1. The highest BCUT2D eigenvalue weighted by molar-refractivity contribution is 5.99. The molecule has 2 aromatic rings. The molecule has 2 aliphatic rings. The lowest BCUT2D eigenvalue weighted by molar-refractivity contribution is 0.112. The fourth-order valence-electron chi connectivity index (χ4n) is 4.24. The average Bonchev–Trinajstić information content (AvgIpc) is 3.32. The van der Waals surface area contributed by atoms with Crippen LogP contribution < -0.4 is 4.90 Å². The first-order valence-corrected chi connectivity index (χ1v) is 9.62. The molecule has 1 N–H and O–H groups in total. The number of carbonyl (C=O) groups is 1. The Hall–Kier alpha value is -1.88. The number of nitrogens with one attached hydrogen (secondary N) is 1. The van der Waals surface area contributed by atoms with E-state index in [1.54, 1.807) is 6.20 Å². The summed E-state index contributed by atoms with van der Waals surface area (Å²) >= 11 is 0. The molecule has 2 aromatic heterocycles. The molecule has 5 nitrogen and oxygen atoms in total. The van der Waals surface area contributed by atoms with Crippen LogP contribution in [0.4, 0.5) is 5.69 Å². The van der Waals surface area contributed by atoms with E-state index in [4.69, 9.17) is 0 Å². The highest BCUT2D eigenvalue weighted by atomic mass is 16.1. The molecule has 2 heterocycles. The van der Waals surface area contributed by atoms with E-state index in [1.807, 2.05) is 6.20 Å². The lowest BCUT2D eigenvalue weighted by Gasteiger charge is -2.39. The molecule has 5 heteroatoms. The van der Waals surface area contributed by atoms with Gasteiger partial charge >= 0.3 is 0 Å². The Labute approximate surface area is 149 Å². The Bertz CT molecular complexity index is 730. The molecule has 0 aromatic carbocycles. The van der Waals surface area contributed by atoms with Gasteiger partial charge in [0, 0.05) is 30.4 Å². The number of hydrogen-bond acceptors (Lipinski definition) is 4. The van der Waals surface area contributed by atoms with Crippen molar-refractivity contribution in [1.82, 2.24) is 14.9 Å². The van der Waals surface area contributed by atoms with E-state index in [0.717, 1.165) is 42.1 Å². The summed E-state index contributed by atoms with van der Waals surface area (Å²) in [5.41, 5.74) is 2.64. The minimum atomic E-state index is 0.509. The van der Waals surface area contributed by atoms with Crippen LogP contribution in [0.15, 0.2) is 18.5 Å². The van der Waals surface area contributed by atoms with Gasteiger partial charge in [-0.05, 0) is 44.7 Å². The number of aromatic amines is 1. The average molecular weight is 340 g/mol. The molecule has 0 aliphatic heterocycles. The molecule has 2 saturated carbocycles. The second kappa shape index (κ2) is 7.16. The molecule has 0 saturated heterocycles. The molecule has 25 heavy (non-hydrogen) atoms. The third-order valence-corrected chi connectivity index (χ3v) is 5.68. The van der Waals surface area contributed by atoms with Crippen LogP contribution in [0.3, 0.4) is 0 Å². The number of pyridine rings is 1. The number of hydrogen-bond donors (Lipinski definition) is 1. The van der Waals surface area contributed by atoms with E-state index in [0.29, 0.717) is 11.6 Å². The van der Waals surface area contributed by atoms with Crippen LogP contribution in [0.5, 0.6) is 0 Å². The van der Waals surface area contributed by atoms with Crippen LogP contribution in [-0.4, -0.2) is 47.5 Å². The van der Waals surface area contributed by atoms with Gasteiger partial charge in [-0.2, -0.15) is 0 Å². The van der Waals surface area contributed by atoms with Crippen molar-refractivity contribution in [2.75, 3.05) is 25.2 Å². The van der Waals surface area contributed by atoms with Gasteiger partial charge in [0.15, 0.2) is 6.29 Å². The quantitative estimate of drug-likeness (QED) is 0.615. The maximum absolute atomic E-state index is 11.8. The molecule has 0 atom stereocenters. The van der Waals surface area contributed by atoms with Crippen molar-refractivity contribution in [1.29, 1.82) is 0 Å². The fourth-order valence-corrected chi connectivity index (χ4v) is 4.24. The zero-order valence-corrected chi connectivity index (χ0v) is 15.1. The van der Waals surface area contributed by atoms with Crippen LogP contribution >= 0.6 is 0 Å². The molecule has 0 bridgehead atoms.